The number of rotatable bonds is 2. The fraction of sp³-hybridized carbons (Fsp3) is 0.400. The van der Waals surface area contributed by atoms with Gasteiger partial charge < -0.3 is 0 Å². The molecule has 0 radical (unpaired) electrons. The standard InChI is InChI=1S/C20H26S/c1-19(2,3)15-12-16(20(4,5)6)14-18(13-15)21-17-10-8-7-9-11-17/h7-14H,1-6H3. The molecule has 0 unspecified atom stereocenters. The Morgan fingerprint density at radius 1 is 0.619 bits per heavy atom. The lowest BCUT2D eigenvalue weighted by Crippen LogP contribution is -2.16. The van der Waals surface area contributed by atoms with Crippen molar-refractivity contribution in [2.45, 2.75) is 62.2 Å². The molecule has 112 valence electrons. The zero-order chi connectivity index (χ0) is 15.7. The van der Waals surface area contributed by atoms with Crippen LogP contribution in [0.3, 0.4) is 0 Å². The maximum Gasteiger partial charge on any atom is 0.0128 e. The molecule has 21 heavy (non-hydrogen) atoms. The molecule has 0 N–H and O–H groups in total. The van der Waals surface area contributed by atoms with Crippen molar-refractivity contribution in [1.29, 1.82) is 0 Å². The van der Waals surface area contributed by atoms with E-state index in [-0.39, 0.29) is 10.8 Å². The Labute approximate surface area is 134 Å². The minimum absolute atomic E-state index is 0.174. The first-order chi connectivity index (χ1) is 9.66. The van der Waals surface area contributed by atoms with Crippen molar-refractivity contribution in [2.24, 2.45) is 0 Å². The van der Waals surface area contributed by atoms with Crippen molar-refractivity contribution in [3.8, 4) is 0 Å². The molecular weight excluding hydrogens is 272 g/mol. The highest BCUT2D eigenvalue weighted by Crippen LogP contribution is 2.36. The molecule has 0 bridgehead atoms. The summed E-state index contributed by atoms with van der Waals surface area (Å²) in [4.78, 5) is 2.63. The van der Waals surface area contributed by atoms with E-state index in [2.05, 4.69) is 90.1 Å². The first-order valence-electron chi connectivity index (χ1n) is 7.55. The summed E-state index contributed by atoms with van der Waals surface area (Å²) < 4.78 is 0. The molecule has 0 saturated heterocycles. The molecule has 0 nitrogen and oxygen atoms in total. The van der Waals surface area contributed by atoms with Crippen molar-refractivity contribution < 1.29 is 0 Å². The van der Waals surface area contributed by atoms with E-state index in [1.54, 1.807) is 0 Å². The SMILES string of the molecule is CC(C)(C)c1cc(Sc2ccccc2)cc(C(C)(C)C)c1. The monoisotopic (exact) mass is 298 g/mol. The molecule has 2 rings (SSSR count). The Balaban J connectivity index is 2.45. The highest BCUT2D eigenvalue weighted by molar-refractivity contribution is 7.99. The predicted octanol–water partition coefficient (Wildman–Crippen LogP) is 6.43. The van der Waals surface area contributed by atoms with Gasteiger partial charge in [-0.3, -0.25) is 0 Å². The summed E-state index contributed by atoms with van der Waals surface area (Å²) in [6, 6.07) is 17.7. The van der Waals surface area contributed by atoms with Gasteiger partial charge in [-0.1, -0.05) is 77.6 Å². The van der Waals surface area contributed by atoms with Crippen LogP contribution < -0.4 is 0 Å². The largest absolute Gasteiger partial charge is 0.0901 e. The maximum absolute atomic E-state index is 2.37. The van der Waals surface area contributed by atoms with E-state index in [1.807, 2.05) is 11.8 Å². The molecule has 2 aromatic rings. The average Bonchev–Trinajstić information content (AvgIpc) is 2.37. The molecule has 0 spiro atoms. The maximum atomic E-state index is 2.37. The smallest absolute Gasteiger partial charge is 0.0128 e. The summed E-state index contributed by atoms with van der Waals surface area (Å²) in [6.45, 7) is 13.7. The molecule has 0 heterocycles. The van der Waals surface area contributed by atoms with Gasteiger partial charge in [0.1, 0.15) is 0 Å². The molecule has 0 saturated carbocycles. The molecule has 1 heteroatoms. The Hall–Kier alpha value is -1.21. The summed E-state index contributed by atoms with van der Waals surface area (Å²) in [7, 11) is 0. The van der Waals surface area contributed by atoms with Gasteiger partial charge in [0.15, 0.2) is 0 Å². The summed E-state index contributed by atoms with van der Waals surface area (Å²) in [5.41, 5.74) is 3.17. The normalized spacial score (nSPS) is 12.5. The Morgan fingerprint density at radius 3 is 1.52 bits per heavy atom. The number of hydrogen-bond donors (Lipinski definition) is 0. The predicted molar refractivity (Wildman–Crippen MR) is 94.4 cm³/mol. The Bertz CT molecular complexity index is 566. The summed E-state index contributed by atoms with van der Waals surface area (Å²) in [5, 5.41) is 0. The summed E-state index contributed by atoms with van der Waals surface area (Å²) in [6.07, 6.45) is 0. The van der Waals surface area contributed by atoms with Gasteiger partial charge in [0.05, 0.1) is 0 Å². The third-order valence-electron chi connectivity index (χ3n) is 3.62. The van der Waals surface area contributed by atoms with Crippen molar-refractivity contribution in [1.82, 2.24) is 0 Å². The van der Waals surface area contributed by atoms with Crippen molar-refractivity contribution in [2.75, 3.05) is 0 Å². The van der Waals surface area contributed by atoms with Gasteiger partial charge >= 0.3 is 0 Å². The molecule has 0 aliphatic heterocycles. The van der Waals surface area contributed by atoms with Crippen LogP contribution in [-0.2, 0) is 10.8 Å². The van der Waals surface area contributed by atoms with Crippen LogP contribution in [0, 0.1) is 0 Å². The van der Waals surface area contributed by atoms with E-state index >= 15 is 0 Å². The van der Waals surface area contributed by atoms with Gasteiger partial charge in [0, 0.05) is 9.79 Å². The van der Waals surface area contributed by atoms with Crippen LogP contribution in [0.15, 0.2) is 58.3 Å². The fourth-order valence-corrected chi connectivity index (χ4v) is 3.09. The third-order valence-corrected chi connectivity index (χ3v) is 4.60. The Kier molecular flexibility index (Phi) is 4.53. The lowest BCUT2D eigenvalue weighted by Gasteiger charge is -2.26. The van der Waals surface area contributed by atoms with Crippen LogP contribution in [0.25, 0.3) is 0 Å². The lowest BCUT2D eigenvalue weighted by molar-refractivity contribution is 0.565. The molecule has 0 aromatic heterocycles. The van der Waals surface area contributed by atoms with E-state index in [0.717, 1.165) is 0 Å². The molecule has 2 aromatic carbocycles. The first-order valence-corrected chi connectivity index (χ1v) is 8.37. The molecule has 0 aliphatic rings. The minimum atomic E-state index is 0.174. The van der Waals surface area contributed by atoms with Gasteiger partial charge in [0.25, 0.3) is 0 Å². The van der Waals surface area contributed by atoms with Crippen molar-refractivity contribution >= 4 is 11.8 Å². The second-order valence-electron chi connectivity index (χ2n) is 7.66. The van der Waals surface area contributed by atoms with Crippen LogP contribution in [0.1, 0.15) is 52.7 Å². The molecule has 0 fully saturated rings. The topological polar surface area (TPSA) is 0 Å². The van der Waals surface area contributed by atoms with E-state index < -0.39 is 0 Å². The van der Waals surface area contributed by atoms with Gasteiger partial charge in [-0.15, -0.1) is 0 Å². The molecule has 0 atom stereocenters. The zero-order valence-corrected chi connectivity index (χ0v) is 14.8. The number of benzene rings is 2. The van der Waals surface area contributed by atoms with Crippen LogP contribution in [-0.4, -0.2) is 0 Å². The average molecular weight is 298 g/mol. The van der Waals surface area contributed by atoms with Crippen molar-refractivity contribution in [3.63, 3.8) is 0 Å². The number of hydrogen-bond acceptors (Lipinski definition) is 1. The van der Waals surface area contributed by atoms with Gasteiger partial charge in [-0.2, -0.15) is 0 Å². The second-order valence-corrected chi connectivity index (χ2v) is 8.81. The fourth-order valence-electron chi connectivity index (χ4n) is 2.15. The third kappa shape index (κ3) is 4.38. The van der Waals surface area contributed by atoms with Crippen LogP contribution in [0.2, 0.25) is 0 Å². The van der Waals surface area contributed by atoms with Gasteiger partial charge in [-0.05, 0) is 46.2 Å². The minimum Gasteiger partial charge on any atom is -0.0901 e. The highest BCUT2D eigenvalue weighted by atomic mass is 32.2. The highest BCUT2D eigenvalue weighted by Gasteiger charge is 2.20. The Morgan fingerprint density at radius 2 is 1.10 bits per heavy atom. The quantitative estimate of drug-likeness (QED) is 0.615. The molecule has 0 aliphatic carbocycles. The van der Waals surface area contributed by atoms with E-state index in [9.17, 15) is 0 Å². The summed E-state index contributed by atoms with van der Waals surface area (Å²) >= 11 is 1.85. The van der Waals surface area contributed by atoms with E-state index in [0.29, 0.717) is 0 Å². The molecule has 0 amide bonds. The van der Waals surface area contributed by atoms with Gasteiger partial charge in [0.2, 0.25) is 0 Å². The van der Waals surface area contributed by atoms with Gasteiger partial charge in [-0.25, -0.2) is 0 Å². The molecular formula is C20H26S. The van der Waals surface area contributed by atoms with Crippen LogP contribution >= 0.6 is 11.8 Å². The van der Waals surface area contributed by atoms with Crippen LogP contribution in [0.4, 0.5) is 0 Å². The van der Waals surface area contributed by atoms with Crippen molar-refractivity contribution in [3.05, 3.63) is 59.7 Å². The van der Waals surface area contributed by atoms with E-state index in [1.165, 1.54) is 20.9 Å². The summed E-state index contributed by atoms with van der Waals surface area (Å²) in [5.74, 6) is 0. The second kappa shape index (κ2) is 5.88. The lowest BCUT2D eigenvalue weighted by atomic mass is 9.81. The van der Waals surface area contributed by atoms with Crippen LogP contribution in [0.5, 0.6) is 0 Å². The zero-order valence-electron chi connectivity index (χ0n) is 14.0. The van der Waals surface area contributed by atoms with E-state index in [4.69, 9.17) is 0 Å². The first kappa shape index (κ1) is 16.2.